The second kappa shape index (κ2) is 3.72. The minimum Gasteiger partial charge on any atom is -0.294 e. The molecule has 2 unspecified atom stereocenters. The van der Waals surface area contributed by atoms with Crippen molar-refractivity contribution in [3.05, 3.63) is 21.9 Å². The Labute approximate surface area is 119 Å². The maximum Gasteiger partial charge on any atom is 0.170 e. The lowest BCUT2D eigenvalue weighted by molar-refractivity contribution is -0.0820. The topological polar surface area (TPSA) is 17.1 Å². The van der Waals surface area contributed by atoms with Crippen LogP contribution in [-0.4, -0.2) is 5.78 Å². The summed E-state index contributed by atoms with van der Waals surface area (Å²) < 4.78 is 0. The molecular weight excluding hydrogens is 252 g/mol. The second-order valence-corrected chi connectivity index (χ2v) is 8.89. The zero-order valence-corrected chi connectivity index (χ0v) is 12.7. The fraction of sp³-hybridized carbons (Fsp3) is 0.706. The molecule has 1 nitrogen and oxygen atoms in total. The summed E-state index contributed by atoms with van der Waals surface area (Å²) in [5.41, 5.74) is 1.49. The molecule has 5 rings (SSSR count). The summed E-state index contributed by atoms with van der Waals surface area (Å²) >= 11 is 1.72. The van der Waals surface area contributed by atoms with Crippen molar-refractivity contribution in [2.45, 2.75) is 52.4 Å². The van der Waals surface area contributed by atoms with Gasteiger partial charge >= 0.3 is 0 Å². The molecule has 2 heteroatoms. The van der Waals surface area contributed by atoms with E-state index in [-0.39, 0.29) is 5.41 Å². The van der Waals surface area contributed by atoms with Gasteiger partial charge in [0.2, 0.25) is 0 Å². The Hall–Kier alpha value is -0.630. The third kappa shape index (κ3) is 1.68. The van der Waals surface area contributed by atoms with E-state index >= 15 is 0 Å². The summed E-state index contributed by atoms with van der Waals surface area (Å²) in [4.78, 5) is 14.3. The Kier molecular flexibility index (Phi) is 2.38. The number of carbonyl (C=O) groups excluding carboxylic acids is 1. The lowest BCUT2D eigenvalue weighted by atomic mass is 9.43. The zero-order valence-electron chi connectivity index (χ0n) is 11.9. The normalized spacial score (nSPS) is 43.7. The fourth-order valence-corrected chi connectivity index (χ4v) is 6.59. The van der Waals surface area contributed by atoms with Gasteiger partial charge in [-0.15, -0.1) is 11.3 Å². The summed E-state index contributed by atoms with van der Waals surface area (Å²) in [6.45, 7) is 4.53. The van der Waals surface area contributed by atoms with Crippen LogP contribution in [0.4, 0.5) is 0 Å². The van der Waals surface area contributed by atoms with Crippen LogP contribution in [0.25, 0.3) is 0 Å². The molecule has 1 heterocycles. The molecule has 0 amide bonds. The second-order valence-electron chi connectivity index (χ2n) is 7.77. The van der Waals surface area contributed by atoms with Crippen LogP contribution in [0, 0.1) is 29.6 Å². The predicted octanol–water partition coefficient (Wildman–Crippen LogP) is 4.85. The number of aryl methyl sites for hydroxylation is 1. The summed E-state index contributed by atoms with van der Waals surface area (Å²) in [6.07, 6.45) is 7.65. The number of rotatable bonds is 2. The number of hydrogen-bond acceptors (Lipinski definition) is 2. The quantitative estimate of drug-likeness (QED) is 0.705. The maximum atomic E-state index is 13.1. The standard InChI is InChI=1S/C17H22OS/c1-11-14(3-4-19-11)15(18)17-8-12-5-13(9-17)7-16(2,6-12)10-17/h3-4,12-13H,5-10H2,1-2H3. The van der Waals surface area contributed by atoms with E-state index in [1.54, 1.807) is 11.3 Å². The van der Waals surface area contributed by atoms with Gasteiger partial charge in [-0.25, -0.2) is 0 Å². The summed E-state index contributed by atoms with van der Waals surface area (Å²) in [7, 11) is 0. The molecule has 1 aromatic heterocycles. The van der Waals surface area contributed by atoms with Crippen LogP contribution in [0.3, 0.4) is 0 Å². The highest BCUT2D eigenvalue weighted by Gasteiger charge is 2.58. The van der Waals surface area contributed by atoms with E-state index < -0.39 is 0 Å². The van der Waals surface area contributed by atoms with Crippen LogP contribution >= 0.6 is 11.3 Å². The number of thiophene rings is 1. The highest BCUT2D eigenvalue weighted by atomic mass is 32.1. The SMILES string of the molecule is Cc1sccc1C(=O)C12CC3CC(CC(C)(C3)C1)C2. The van der Waals surface area contributed by atoms with Crippen LogP contribution in [0.15, 0.2) is 11.4 Å². The Morgan fingerprint density at radius 2 is 1.95 bits per heavy atom. The Morgan fingerprint density at radius 1 is 1.26 bits per heavy atom. The van der Waals surface area contributed by atoms with Gasteiger partial charge in [0.15, 0.2) is 5.78 Å². The lowest BCUT2D eigenvalue weighted by Gasteiger charge is -2.60. The third-order valence-corrected chi connectivity index (χ3v) is 6.78. The summed E-state index contributed by atoms with van der Waals surface area (Å²) in [6, 6.07) is 2.06. The molecule has 0 saturated heterocycles. The van der Waals surface area contributed by atoms with Crippen molar-refractivity contribution in [1.82, 2.24) is 0 Å². The number of carbonyl (C=O) groups is 1. The van der Waals surface area contributed by atoms with E-state index in [1.807, 2.05) is 0 Å². The van der Waals surface area contributed by atoms with Gasteiger partial charge < -0.3 is 0 Å². The molecule has 0 N–H and O–H groups in total. The molecule has 102 valence electrons. The van der Waals surface area contributed by atoms with Crippen LogP contribution < -0.4 is 0 Å². The first-order valence-electron chi connectivity index (χ1n) is 7.59. The molecule has 19 heavy (non-hydrogen) atoms. The van der Waals surface area contributed by atoms with Gasteiger partial charge in [0.1, 0.15) is 0 Å². The average molecular weight is 274 g/mol. The van der Waals surface area contributed by atoms with Gasteiger partial charge in [0, 0.05) is 15.9 Å². The van der Waals surface area contributed by atoms with Gasteiger partial charge in [0.05, 0.1) is 0 Å². The molecule has 4 saturated carbocycles. The van der Waals surface area contributed by atoms with Crippen LogP contribution in [-0.2, 0) is 0 Å². The van der Waals surface area contributed by atoms with Crippen molar-refractivity contribution in [3.8, 4) is 0 Å². The fourth-order valence-electron chi connectivity index (χ4n) is 5.89. The van der Waals surface area contributed by atoms with E-state index in [1.165, 1.54) is 37.0 Å². The zero-order chi connectivity index (χ0) is 13.3. The molecule has 0 aromatic carbocycles. The molecule has 0 radical (unpaired) electrons. The number of ketones is 1. The maximum absolute atomic E-state index is 13.1. The van der Waals surface area contributed by atoms with Crippen molar-refractivity contribution in [1.29, 1.82) is 0 Å². The smallest absolute Gasteiger partial charge is 0.170 e. The minimum absolute atomic E-state index is 0.00463. The van der Waals surface area contributed by atoms with E-state index in [0.717, 1.165) is 23.8 Å². The molecule has 0 spiro atoms. The number of Topliss-reactive ketones (excluding diaryl/α,β-unsaturated/α-hetero) is 1. The molecular formula is C17H22OS. The third-order valence-electron chi connectivity index (χ3n) is 5.94. The van der Waals surface area contributed by atoms with Crippen molar-refractivity contribution >= 4 is 17.1 Å². The lowest BCUT2D eigenvalue weighted by Crippen LogP contribution is -2.54. The molecule has 4 bridgehead atoms. The van der Waals surface area contributed by atoms with Crippen molar-refractivity contribution in [2.24, 2.45) is 22.7 Å². The van der Waals surface area contributed by atoms with Crippen LogP contribution in [0.2, 0.25) is 0 Å². The first kappa shape index (κ1) is 12.1. The van der Waals surface area contributed by atoms with Gasteiger partial charge in [-0.3, -0.25) is 4.79 Å². The Balaban J connectivity index is 1.74. The van der Waals surface area contributed by atoms with Gasteiger partial charge in [-0.1, -0.05) is 6.92 Å². The Bertz CT molecular complexity index is 527. The molecule has 1 aromatic rings. The highest BCUT2D eigenvalue weighted by Crippen LogP contribution is 2.65. The van der Waals surface area contributed by atoms with Crippen molar-refractivity contribution in [2.75, 3.05) is 0 Å². The van der Waals surface area contributed by atoms with Crippen LogP contribution in [0.5, 0.6) is 0 Å². The van der Waals surface area contributed by atoms with Gasteiger partial charge in [0.25, 0.3) is 0 Å². The molecule has 2 atom stereocenters. The van der Waals surface area contributed by atoms with Crippen molar-refractivity contribution in [3.63, 3.8) is 0 Å². The first-order chi connectivity index (χ1) is 9.00. The average Bonchev–Trinajstić information content (AvgIpc) is 2.71. The first-order valence-corrected chi connectivity index (χ1v) is 8.47. The summed E-state index contributed by atoms with van der Waals surface area (Å²) in [5, 5.41) is 2.07. The predicted molar refractivity (Wildman–Crippen MR) is 78.6 cm³/mol. The van der Waals surface area contributed by atoms with E-state index in [9.17, 15) is 4.79 Å². The van der Waals surface area contributed by atoms with E-state index in [4.69, 9.17) is 0 Å². The Morgan fingerprint density at radius 3 is 2.47 bits per heavy atom. The molecule has 0 aliphatic heterocycles. The van der Waals surface area contributed by atoms with E-state index in [2.05, 4.69) is 25.3 Å². The van der Waals surface area contributed by atoms with Crippen molar-refractivity contribution < 1.29 is 4.79 Å². The molecule has 4 aliphatic carbocycles. The van der Waals surface area contributed by atoms with E-state index in [0.29, 0.717) is 11.2 Å². The van der Waals surface area contributed by atoms with Crippen LogP contribution in [0.1, 0.15) is 60.7 Å². The summed E-state index contributed by atoms with van der Waals surface area (Å²) in [5.74, 6) is 2.13. The molecule has 4 fully saturated rings. The number of hydrogen-bond donors (Lipinski definition) is 0. The minimum atomic E-state index is 0.00463. The van der Waals surface area contributed by atoms with Gasteiger partial charge in [-0.05, 0) is 74.1 Å². The largest absolute Gasteiger partial charge is 0.294 e. The molecule has 4 aliphatic rings. The highest BCUT2D eigenvalue weighted by molar-refractivity contribution is 7.10. The monoisotopic (exact) mass is 274 g/mol. The van der Waals surface area contributed by atoms with Gasteiger partial charge in [-0.2, -0.15) is 0 Å².